The lowest BCUT2D eigenvalue weighted by Crippen LogP contribution is -2.22. The van der Waals surface area contributed by atoms with E-state index in [2.05, 4.69) is 10.1 Å². The Balaban J connectivity index is 2.84. The van der Waals surface area contributed by atoms with Gasteiger partial charge in [0.15, 0.2) is 5.65 Å². The van der Waals surface area contributed by atoms with Crippen molar-refractivity contribution in [3.05, 3.63) is 32.9 Å². The van der Waals surface area contributed by atoms with Gasteiger partial charge in [-0.25, -0.2) is 14.3 Å². The summed E-state index contributed by atoms with van der Waals surface area (Å²) in [4.78, 5) is 29.8. The molecule has 0 aliphatic rings. The summed E-state index contributed by atoms with van der Waals surface area (Å²) in [6.45, 7) is 13.2. The Morgan fingerprint density at radius 1 is 1.13 bits per heavy atom. The van der Waals surface area contributed by atoms with Crippen LogP contribution in [0.1, 0.15) is 80.7 Å². The van der Waals surface area contributed by atoms with E-state index in [1.807, 2.05) is 27.7 Å². The number of hydrogen-bond acceptors (Lipinski definition) is 4. The van der Waals surface area contributed by atoms with Gasteiger partial charge in [0.1, 0.15) is 5.56 Å². The van der Waals surface area contributed by atoms with E-state index < -0.39 is 5.97 Å². The minimum atomic E-state index is -0.451. The van der Waals surface area contributed by atoms with Crippen molar-refractivity contribution in [2.45, 2.75) is 66.4 Å². The highest BCUT2D eigenvalue weighted by molar-refractivity contribution is 5.97. The summed E-state index contributed by atoms with van der Waals surface area (Å²) in [5.74, 6) is -0.319. The summed E-state index contributed by atoms with van der Waals surface area (Å²) >= 11 is 0. The van der Waals surface area contributed by atoms with Crippen molar-refractivity contribution < 1.29 is 9.53 Å². The van der Waals surface area contributed by atoms with Crippen molar-refractivity contribution in [2.75, 3.05) is 0 Å². The summed E-state index contributed by atoms with van der Waals surface area (Å²) in [5.41, 5.74) is 2.50. The van der Waals surface area contributed by atoms with E-state index in [9.17, 15) is 9.59 Å². The lowest BCUT2D eigenvalue weighted by Gasteiger charge is -2.11. The number of nitrogens with one attached hydrogen (secondary N) is 1. The topological polar surface area (TPSA) is 76.5 Å². The molecular weight excluding hydrogens is 294 g/mol. The number of aromatic nitrogens is 3. The molecule has 0 atom stereocenters. The van der Waals surface area contributed by atoms with Crippen molar-refractivity contribution in [1.82, 2.24) is 14.6 Å². The van der Waals surface area contributed by atoms with Crippen LogP contribution in [0.3, 0.4) is 0 Å². The first-order chi connectivity index (χ1) is 10.6. The lowest BCUT2D eigenvalue weighted by atomic mass is 10.0. The predicted molar refractivity (Wildman–Crippen MR) is 89.3 cm³/mol. The number of nitrogens with zero attached hydrogens (tertiary/aromatic N) is 2. The van der Waals surface area contributed by atoms with Gasteiger partial charge in [-0.1, -0.05) is 27.7 Å². The number of carbonyl (C=O) groups is 1. The number of carbonyl (C=O) groups excluding carboxylic acids is 1. The van der Waals surface area contributed by atoms with E-state index in [4.69, 9.17) is 4.74 Å². The molecular formula is C17H25N3O3. The summed E-state index contributed by atoms with van der Waals surface area (Å²) in [7, 11) is 0. The molecule has 0 amide bonds. The van der Waals surface area contributed by atoms with E-state index >= 15 is 0 Å². The van der Waals surface area contributed by atoms with Crippen molar-refractivity contribution in [1.29, 1.82) is 0 Å². The molecule has 0 aliphatic heterocycles. The second-order valence-corrected chi connectivity index (χ2v) is 6.75. The quantitative estimate of drug-likeness (QED) is 0.878. The summed E-state index contributed by atoms with van der Waals surface area (Å²) in [5, 5.41) is 3.03. The van der Waals surface area contributed by atoms with Crippen LogP contribution in [0.5, 0.6) is 0 Å². The smallest absolute Gasteiger partial charge is 0.344 e. The highest BCUT2D eigenvalue weighted by Gasteiger charge is 2.26. The Morgan fingerprint density at radius 2 is 1.74 bits per heavy atom. The van der Waals surface area contributed by atoms with E-state index in [1.165, 1.54) is 4.52 Å². The second-order valence-electron chi connectivity index (χ2n) is 6.75. The maximum absolute atomic E-state index is 12.6. The summed E-state index contributed by atoms with van der Waals surface area (Å²) in [6, 6.07) is 0. The summed E-state index contributed by atoms with van der Waals surface area (Å²) < 4.78 is 6.70. The zero-order valence-electron chi connectivity index (χ0n) is 14.9. The van der Waals surface area contributed by atoms with Crippen molar-refractivity contribution >= 4 is 11.6 Å². The van der Waals surface area contributed by atoms with Crippen LogP contribution in [0.25, 0.3) is 5.65 Å². The van der Waals surface area contributed by atoms with Crippen LogP contribution in [-0.4, -0.2) is 26.7 Å². The molecule has 0 saturated carbocycles. The standard InChI is InChI=1S/C17H25N3O3/c1-8(2)13-11(7)16(21)20-15(18-13)12(14(19-20)9(3)4)17(22)23-10(5)6/h8-10,19H,1-7H3. The van der Waals surface area contributed by atoms with Crippen LogP contribution in [0, 0.1) is 6.92 Å². The molecule has 126 valence electrons. The molecule has 6 nitrogen and oxygen atoms in total. The summed E-state index contributed by atoms with van der Waals surface area (Å²) in [6.07, 6.45) is -0.237. The molecule has 0 radical (unpaired) electrons. The molecule has 2 aromatic heterocycles. The zero-order chi connectivity index (χ0) is 17.5. The monoisotopic (exact) mass is 319 g/mol. The van der Waals surface area contributed by atoms with Crippen molar-refractivity contribution in [3.63, 3.8) is 0 Å². The van der Waals surface area contributed by atoms with Crippen LogP contribution in [0.4, 0.5) is 0 Å². The van der Waals surface area contributed by atoms with Gasteiger partial charge in [0.2, 0.25) is 0 Å². The predicted octanol–water partition coefficient (Wildman–Crippen LogP) is 3.14. The number of H-pyrrole nitrogens is 1. The lowest BCUT2D eigenvalue weighted by molar-refractivity contribution is 0.0378. The second kappa shape index (κ2) is 6.18. The molecule has 0 unspecified atom stereocenters. The van der Waals surface area contributed by atoms with Gasteiger partial charge < -0.3 is 4.74 Å². The SMILES string of the molecule is Cc1c(C(C)C)nc2c(C(=O)OC(C)C)c(C(C)C)[nH]n2c1=O. The first kappa shape index (κ1) is 17.2. The number of fused-ring (bicyclic) bond motifs is 1. The third-order valence-corrected chi connectivity index (χ3v) is 3.74. The highest BCUT2D eigenvalue weighted by atomic mass is 16.5. The van der Waals surface area contributed by atoms with Crippen molar-refractivity contribution in [2.24, 2.45) is 0 Å². The fourth-order valence-corrected chi connectivity index (χ4v) is 2.64. The number of ether oxygens (including phenoxy) is 1. The van der Waals surface area contributed by atoms with E-state index in [1.54, 1.807) is 20.8 Å². The van der Waals surface area contributed by atoms with E-state index in [0.717, 1.165) is 0 Å². The Labute approximate surface area is 135 Å². The third-order valence-electron chi connectivity index (χ3n) is 3.74. The van der Waals surface area contributed by atoms with Gasteiger partial charge in [-0.15, -0.1) is 0 Å². The van der Waals surface area contributed by atoms with E-state index in [-0.39, 0.29) is 23.5 Å². The number of esters is 1. The molecule has 6 heteroatoms. The Morgan fingerprint density at radius 3 is 2.22 bits per heavy atom. The van der Waals surface area contributed by atoms with Gasteiger partial charge in [-0.2, -0.15) is 0 Å². The first-order valence-corrected chi connectivity index (χ1v) is 8.01. The molecule has 0 fully saturated rings. The molecule has 23 heavy (non-hydrogen) atoms. The molecule has 1 N–H and O–H groups in total. The number of hydrogen-bond donors (Lipinski definition) is 1. The Bertz CT molecular complexity index is 797. The van der Waals surface area contributed by atoms with Crippen molar-refractivity contribution in [3.8, 4) is 0 Å². The van der Waals surface area contributed by atoms with Gasteiger partial charge in [0.05, 0.1) is 17.5 Å². The van der Waals surface area contributed by atoms with Gasteiger partial charge in [0, 0.05) is 5.56 Å². The molecule has 2 heterocycles. The maximum Gasteiger partial charge on any atom is 0.344 e. The molecule has 0 aliphatic carbocycles. The fraction of sp³-hybridized carbons (Fsp3) is 0.588. The van der Waals surface area contributed by atoms with Gasteiger partial charge in [0.25, 0.3) is 5.56 Å². The first-order valence-electron chi connectivity index (χ1n) is 8.01. The third kappa shape index (κ3) is 3.02. The minimum absolute atomic E-state index is 0.0358. The fourth-order valence-electron chi connectivity index (χ4n) is 2.64. The zero-order valence-corrected chi connectivity index (χ0v) is 14.9. The van der Waals surface area contributed by atoms with Gasteiger partial charge >= 0.3 is 5.97 Å². The molecule has 0 saturated heterocycles. The van der Waals surface area contributed by atoms with Crippen LogP contribution < -0.4 is 5.56 Å². The Hall–Kier alpha value is -2.11. The molecule has 0 spiro atoms. The van der Waals surface area contributed by atoms with Crippen LogP contribution >= 0.6 is 0 Å². The Kier molecular flexibility index (Phi) is 4.63. The average Bonchev–Trinajstić information content (AvgIpc) is 2.81. The average molecular weight is 319 g/mol. The number of aromatic amines is 1. The molecule has 2 rings (SSSR count). The largest absolute Gasteiger partial charge is 0.459 e. The van der Waals surface area contributed by atoms with Crippen LogP contribution in [-0.2, 0) is 4.74 Å². The normalized spacial score (nSPS) is 11.9. The van der Waals surface area contributed by atoms with Crippen LogP contribution in [0.2, 0.25) is 0 Å². The van der Waals surface area contributed by atoms with E-state index in [0.29, 0.717) is 28.2 Å². The highest BCUT2D eigenvalue weighted by Crippen LogP contribution is 2.24. The molecule has 0 bridgehead atoms. The molecule has 0 aromatic carbocycles. The van der Waals surface area contributed by atoms with Crippen LogP contribution in [0.15, 0.2) is 4.79 Å². The maximum atomic E-state index is 12.6. The van der Waals surface area contributed by atoms with Gasteiger partial charge in [-0.05, 0) is 32.6 Å². The van der Waals surface area contributed by atoms with Gasteiger partial charge in [-0.3, -0.25) is 9.89 Å². The minimum Gasteiger partial charge on any atom is -0.459 e. The number of rotatable bonds is 4. The molecule has 2 aromatic rings.